The third-order valence-corrected chi connectivity index (χ3v) is 8.88. The van der Waals surface area contributed by atoms with Gasteiger partial charge in [0.1, 0.15) is 29.3 Å². The first-order valence-corrected chi connectivity index (χ1v) is 14.3. The summed E-state index contributed by atoms with van der Waals surface area (Å²) in [6.07, 6.45) is 1.07. The first-order chi connectivity index (χ1) is 19.6. The minimum Gasteiger partial charge on any atom is -0.497 e. The average molecular weight is 622 g/mol. The molecule has 0 radical (unpaired) electrons. The van der Waals surface area contributed by atoms with Gasteiger partial charge in [0.15, 0.2) is 0 Å². The fourth-order valence-electron chi connectivity index (χ4n) is 5.40. The lowest BCUT2D eigenvalue weighted by Gasteiger charge is -2.40. The van der Waals surface area contributed by atoms with Gasteiger partial charge in [0, 0.05) is 25.1 Å². The zero-order valence-corrected chi connectivity index (χ0v) is 24.5. The smallest absolute Gasteiger partial charge is 0.313 e. The molecule has 1 N–H and O–H groups in total. The molecule has 2 aliphatic heterocycles. The molecule has 3 aromatic rings. The van der Waals surface area contributed by atoms with E-state index in [4.69, 9.17) is 44.3 Å². The van der Waals surface area contributed by atoms with E-state index >= 15 is 4.39 Å². The van der Waals surface area contributed by atoms with E-state index in [1.54, 1.807) is 31.4 Å². The predicted octanol–water partition coefficient (Wildman–Crippen LogP) is 7.02. The van der Waals surface area contributed by atoms with Gasteiger partial charge in [-0.2, -0.15) is 0 Å². The summed E-state index contributed by atoms with van der Waals surface area (Å²) in [5.41, 5.74) is 1.07. The number of rotatable bonds is 8. The molecule has 216 valence electrons. The lowest BCUT2D eigenvalue weighted by molar-refractivity contribution is -0.152. The van der Waals surface area contributed by atoms with Crippen LogP contribution in [0.5, 0.6) is 11.5 Å². The third-order valence-electron chi connectivity index (χ3n) is 7.86. The van der Waals surface area contributed by atoms with E-state index in [9.17, 15) is 14.7 Å². The van der Waals surface area contributed by atoms with Crippen LogP contribution in [0.2, 0.25) is 15.1 Å². The predicted molar refractivity (Wildman–Crippen MR) is 157 cm³/mol. The van der Waals surface area contributed by atoms with Gasteiger partial charge in [-0.3, -0.25) is 9.59 Å². The van der Waals surface area contributed by atoms with Gasteiger partial charge < -0.3 is 24.4 Å². The Balaban J connectivity index is 1.34. The van der Waals surface area contributed by atoms with Crippen molar-refractivity contribution >= 4 is 58.1 Å². The molecule has 3 aromatic carbocycles. The number of carbonyl (C=O) groups excluding carboxylic acids is 1. The molecule has 0 aliphatic carbocycles. The molecule has 1 saturated heterocycles. The lowest BCUT2D eigenvalue weighted by atomic mass is 9.79. The molecule has 0 bridgehead atoms. The van der Waals surface area contributed by atoms with E-state index in [0.717, 1.165) is 5.56 Å². The van der Waals surface area contributed by atoms with Gasteiger partial charge >= 0.3 is 5.97 Å². The molecule has 0 saturated carbocycles. The van der Waals surface area contributed by atoms with Crippen LogP contribution in [0.1, 0.15) is 30.4 Å². The fourth-order valence-corrected chi connectivity index (χ4v) is 6.06. The molecule has 0 spiro atoms. The van der Waals surface area contributed by atoms with Gasteiger partial charge in [-0.1, -0.05) is 46.9 Å². The monoisotopic (exact) mass is 620 g/mol. The van der Waals surface area contributed by atoms with Crippen molar-refractivity contribution in [3.8, 4) is 11.5 Å². The number of halogens is 4. The van der Waals surface area contributed by atoms with Gasteiger partial charge in [-0.05, 0) is 61.2 Å². The zero-order valence-electron chi connectivity index (χ0n) is 22.3. The molecule has 7 nitrogen and oxygen atoms in total. The second kappa shape index (κ2) is 12.0. The Kier molecular flexibility index (Phi) is 8.55. The van der Waals surface area contributed by atoms with Crippen molar-refractivity contribution in [1.29, 1.82) is 0 Å². The minimum atomic E-state index is -1.16. The highest BCUT2D eigenvalue weighted by molar-refractivity contribution is 6.44. The summed E-state index contributed by atoms with van der Waals surface area (Å²) < 4.78 is 26.5. The molecule has 2 aliphatic rings. The Morgan fingerprint density at radius 1 is 1.00 bits per heavy atom. The first-order valence-electron chi connectivity index (χ1n) is 13.1. The van der Waals surface area contributed by atoms with E-state index < -0.39 is 17.2 Å². The molecule has 1 amide bonds. The maximum atomic E-state index is 15.2. The topological polar surface area (TPSA) is 79.3 Å². The number of amides is 1. The van der Waals surface area contributed by atoms with Gasteiger partial charge in [-0.25, -0.2) is 4.39 Å². The summed E-state index contributed by atoms with van der Waals surface area (Å²) in [5.74, 6) is -0.637. The van der Waals surface area contributed by atoms with Crippen molar-refractivity contribution in [3.05, 3.63) is 80.5 Å². The summed E-state index contributed by atoms with van der Waals surface area (Å²) in [6, 6.07) is 13.2. The van der Waals surface area contributed by atoms with Crippen molar-refractivity contribution in [2.45, 2.75) is 32.2 Å². The van der Waals surface area contributed by atoms with Gasteiger partial charge in [0.2, 0.25) is 5.91 Å². The minimum absolute atomic E-state index is 0.101. The number of nitrogens with zero attached hydrogens (tertiary/aromatic N) is 2. The van der Waals surface area contributed by atoms with Gasteiger partial charge in [-0.15, -0.1) is 0 Å². The number of benzene rings is 3. The van der Waals surface area contributed by atoms with Crippen LogP contribution in [0.25, 0.3) is 0 Å². The van der Waals surface area contributed by atoms with Crippen LogP contribution < -0.4 is 19.3 Å². The number of carbonyl (C=O) groups is 2. The summed E-state index contributed by atoms with van der Waals surface area (Å²) in [6.45, 7) is 0.913. The number of ether oxygens (including phenoxy) is 2. The van der Waals surface area contributed by atoms with E-state index in [-0.39, 0.29) is 31.2 Å². The molecular weight excluding hydrogens is 594 g/mol. The number of hydrogen-bond acceptors (Lipinski definition) is 5. The van der Waals surface area contributed by atoms with Crippen LogP contribution in [0.4, 0.5) is 15.8 Å². The number of aliphatic carboxylic acids is 1. The third kappa shape index (κ3) is 5.92. The highest BCUT2D eigenvalue weighted by Gasteiger charge is 2.43. The van der Waals surface area contributed by atoms with Crippen molar-refractivity contribution < 1.29 is 28.6 Å². The molecule has 0 aromatic heterocycles. The Morgan fingerprint density at radius 2 is 1.68 bits per heavy atom. The maximum absolute atomic E-state index is 15.2. The molecule has 41 heavy (non-hydrogen) atoms. The number of fused-ring (bicyclic) bond motifs is 1. The van der Waals surface area contributed by atoms with Gasteiger partial charge in [0.25, 0.3) is 0 Å². The van der Waals surface area contributed by atoms with Crippen molar-refractivity contribution in [3.63, 3.8) is 0 Å². The van der Waals surface area contributed by atoms with Crippen LogP contribution in [-0.2, 0) is 22.6 Å². The van der Waals surface area contributed by atoms with Crippen LogP contribution in [-0.4, -0.2) is 43.8 Å². The zero-order chi connectivity index (χ0) is 29.3. The average Bonchev–Trinajstić information content (AvgIpc) is 2.96. The SMILES string of the molecule is COc1ccc(CN2C(=O)CCc3c(OCC4(C(=O)O)CCN(c5cc(Cl)c(Cl)cc5Cl)CC4)ccc(F)c32)cc1. The fraction of sp³-hybridized carbons (Fsp3) is 0.333. The number of carboxylic acids is 1. The molecule has 2 heterocycles. The van der Waals surface area contributed by atoms with E-state index in [2.05, 4.69) is 0 Å². The highest BCUT2D eigenvalue weighted by atomic mass is 35.5. The van der Waals surface area contributed by atoms with Gasteiger partial charge in [0.05, 0.1) is 40.1 Å². The van der Waals surface area contributed by atoms with Crippen molar-refractivity contribution in [2.24, 2.45) is 5.41 Å². The first kappa shape index (κ1) is 29.3. The molecule has 11 heteroatoms. The highest BCUT2D eigenvalue weighted by Crippen LogP contribution is 2.42. The van der Waals surface area contributed by atoms with Crippen molar-refractivity contribution in [1.82, 2.24) is 0 Å². The molecular formula is C30H28Cl3FN2O5. The van der Waals surface area contributed by atoms with Crippen LogP contribution in [0.3, 0.4) is 0 Å². The van der Waals surface area contributed by atoms with E-state index in [0.29, 0.717) is 70.2 Å². The summed E-state index contributed by atoms with van der Waals surface area (Å²) in [7, 11) is 1.57. The second-order valence-corrected chi connectivity index (χ2v) is 11.5. The number of anilines is 2. The van der Waals surface area contributed by atoms with E-state index in [1.807, 2.05) is 17.0 Å². The molecule has 0 unspecified atom stereocenters. The number of carboxylic acid groups (broad SMARTS) is 1. The molecule has 5 rings (SSSR count). The number of hydrogen-bond donors (Lipinski definition) is 1. The Bertz CT molecular complexity index is 1480. The standard InChI is InChI=1S/C30H28Cl3FN2O5/c1-40-19-4-2-18(3-5-19)16-36-27(37)9-6-20-26(8-7-24(34)28(20)36)41-17-30(29(38)39)10-12-35(13-11-30)25-15-22(32)21(31)14-23(25)33/h2-5,7-8,14-15H,6,9-13,16-17H2,1H3,(H,38,39). The maximum Gasteiger partial charge on any atom is 0.313 e. The summed E-state index contributed by atoms with van der Waals surface area (Å²) in [5, 5.41) is 11.4. The second-order valence-electron chi connectivity index (χ2n) is 10.3. The van der Waals surface area contributed by atoms with Crippen molar-refractivity contribution in [2.75, 3.05) is 36.6 Å². The van der Waals surface area contributed by atoms with Crippen LogP contribution in [0, 0.1) is 11.2 Å². The normalized spacial score (nSPS) is 16.4. The number of methoxy groups -OCH3 is 1. The lowest BCUT2D eigenvalue weighted by Crippen LogP contribution is -2.48. The van der Waals surface area contributed by atoms with Crippen LogP contribution >= 0.6 is 34.8 Å². The summed E-state index contributed by atoms with van der Waals surface area (Å²) >= 11 is 18.6. The Morgan fingerprint density at radius 3 is 2.34 bits per heavy atom. The molecule has 0 atom stereocenters. The van der Waals surface area contributed by atoms with Crippen LogP contribution in [0.15, 0.2) is 48.5 Å². The quantitative estimate of drug-likeness (QED) is 0.272. The Hall–Kier alpha value is -3.20. The summed E-state index contributed by atoms with van der Waals surface area (Å²) in [4.78, 5) is 28.8. The number of piperidine rings is 1. The Labute approximate surface area is 252 Å². The molecule has 1 fully saturated rings. The van der Waals surface area contributed by atoms with E-state index in [1.165, 1.54) is 17.0 Å². The largest absolute Gasteiger partial charge is 0.497 e.